The third kappa shape index (κ3) is 4.37. The second kappa shape index (κ2) is 8.67. The summed E-state index contributed by atoms with van der Waals surface area (Å²) >= 11 is 3.59. The van der Waals surface area contributed by atoms with Crippen LogP contribution in [-0.2, 0) is 11.3 Å². The lowest BCUT2D eigenvalue weighted by Crippen LogP contribution is -2.22. The molecule has 0 radical (unpaired) electrons. The number of rotatable bonds is 9. The molecule has 1 N–H and O–H groups in total. The number of ether oxygens (including phenoxy) is 1. The zero-order valence-electron chi connectivity index (χ0n) is 11.6. The van der Waals surface area contributed by atoms with Crippen LogP contribution >= 0.6 is 15.9 Å². The first kappa shape index (κ1) is 15.7. The van der Waals surface area contributed by atoms with E-state index < -0.39 is 0 Å². The van der Waals surface area contributed by atoms with Crippen molar-refractivity contribution in [3.63, 3.8) is 0 Å². The lowest BCUT2D eigenvalue weighted by molar-refractivity contribution is 0.124. The number of hydrogen-bond acceptors (Lipinski definition) is 3. The highest BCUT2D eigenvalue weighted by Gasteiger charge is 2.18. The Bertz CT molecular complexity index is 341. The fourth-order valence-corrected chi connectivity index (χ4v) is 2.55. The van der Waals surface area contributed by atoms with Crippen LogP contribution in [0.4, 0.5) is 0 Å². The molecule has 0 aliphatic heterocycles. The molecular weight excluding hydrogens is 294 g/mol. The summed E-state index contributed by atoms with van der Waals surface area (Å²) in [6, 6.07) is 0.283. The van der Waals surface area contributed by atoms with Crippen LogP contribution in [0.3, 0.4) is 0 Å². The Morgan fingerprint density at radius 2 is 2.17 bits per heavy atom. The van der Waals surface area contributed by atoms with Gasteiger partial charge in [0.2, 0.25) is 0 Å². The predicted molar refractivity (Wildman–Crippen MR) is 77.7 cm³/mol. The predicted octanol–water partition coefficient (Wildman–Crippen LogP) is 3.13. The molecule has 1 atom stereocenters. The average Bonchev–Trinajstić information content (AvgIpc) is 2.72. The maximum Gasteiger partial charge on any atom is 0.0696 e. The molecule has 5 heteroatoms. The molecule has 1 unspecified atom stereocenters. The van der Waals surface area contributed by atoms with Gasteiger partial charge in [-0.05, 0) is 42.2 Å². The molecule has 0 fully saturated rings. The van der Waals surface area contributed by atoms with Crippen molar-refractivity contribution in [2.45, 2.75) is 45.7 Å². The SMILES string of the molecule is CCCOCCC(NC)c1c(Br)cnn1CCC. The summed E-state index contributed by atoms with van der Waals surface area (Å²) in [7, 11) is 1.99. The zero-order chi connectivity index (χ0) is 13.4. The monoisotopic (exact) mass is 317 g/mol. The number of nitrogens with zero attached hydrogens (tertiary/aromatic N) is 2. The molecule has 18 heavy (non-hydrogen) atoms. The van der Waals surface area contributed by atoms with Gasteiger partial charge < -0.3 is 10.1 Å². The van der Waals surface area contributed by atoms with Gasteiger partial charge in [0.25, 0.3) is 0 Å². The van der Waals surface area contributed by atoms with Crippen LogP contribution in [0.1, 0.15) is 44.8 Å². The summed E-state index contributed by atoms with van der Waals surface area (Å²) in [4.78, 5) is 0. The van der Waals surface area contributed by atoms with E-state index in [9.17, 15) is 0 Å². The summed E-state index contributed by atoms with van der Waals surface area (Å²) < 4.78 is 8.72. The molecule has 4 nitrogen and oxygen atoms in total. The molecule has 1 aromatic heterocycles. The Kier molecular flexibility index (Phi) is 7.54. The number of halogens is 1. The van der Waals surface area contributed by atoms with E-state index in [0.717, 1.165) is 43.5 Å². The van der Waals surface area contributed by atoms with Crippen LogP contribution in [0.2, 0.25) is 0 Å². The van der Waals surface area contributed by atoms with Crippen LogP contribution < -0.4 is 5.32 Å². The standard InChI is InChI=1S/C13H24BrN3O/c1-4-7-17-13(11(14)10-16-17)12(15-3)6-9-18-8-5-2/h10,12,15H,4-9H2,1-3H3. The molecular formula is C13H24BrN3O. The lowest BCUT2D eigenvalue weighted by atomic mass is 10.1. The summed E-state index contributed by atoms with van der Waals surface area (Å²) in [6.07, 6.45) is 5.00. The van der Waals surface area contributed by atoms with Crippen LogP contribution in [0.15, 0.2) is 10.7 Å². The van der Waals surface area contributed by atoms with E-state index in [1.54, 1.807) is 0 Å². The molecule has 0 aliphatic carbocycles. The van der Waals surface area contributed by atoms with Gasteiger partial charge in [0.15, 0.2) is 0 Å². The molecule has 1 heterocycles. The quantitative estimate of drug-likeness (QED) is 0.711. The van der Waals surface area contributed by atoms with Gasteiger partial charge in [0.1, 0.15) is 0 Å². The highest BCUT2D eigenvalue weighted by atomic mass is 79.9. The molecule has 1 rings (SSSR count). The van der Waals surface area contributed by atoms with Crippen molar-refractivity contribution in [3.8, 4) is 0 Å². The third-order valence-electron chi connectivity index (χ3n) is 2.85. The minimum Gasteiger partial charge on any atom is -0.381 e. The summed E-state index contributed by atoms with van der Waals surface area (Å²) in [5.74, 6) is 0. The second-order valence-corrected chi connectivity index (χ2v) is 5.20. The largest absolute Gasteiger partial charge is 0.381 e. The number of hydrogen-bond donors (Lipinski definition) is 1. The van der Waals surface area contributed by atoms with Gasteiger partial charge in [0, 0.05) is 19.8 Å². The van der Waals surface area contributed by atoms with E-state index in [0.29, 0.717) is 0 Å². The molecule has 0 saturated heterocycles. The van der Waals surface area contributed by atoms with Gasteiger partial charge in [-0.15, -0.1) is 0 Å². The Labute approximate surface area is 118 Å². The van der Waals surface area contributed by atoms with Crippen molar-refractivity contribution in [1.29, 1.82) is 0 Å². The molecule has 0 aromatic carbocycles. The average molecular weight is 318 g/mol. The maximum absolute atomic E-state index is 5.57. The van der Waals surface area contributed by atoms with E-state index in [2.05, 4.69) is 44.9 Å². The van der Waals surface area contributed by atoms with E-state index in [1.165, 1.54) is 5.69 Å². The molecule has 0 saturated carbocycles. The zero-order valence-corrected chi connectivity index (χ0v) is 13.2. The Morgan fingerprint density at radius 1 is 1.39 bits per heavy atom. The molecule has 0 amide bonds. The first-order valence-corrected chi connectivity index (χ1v) is 7.50. The minimum atomic E-state index is 0.283. The molecule has 0 aliphatic rings. The summed E-state index contributed by atoms with van der Waals surface area (Å²) in [5.41, 5.74) is 1.22. The first-order chi connectivity index (χ1) is 8.74. The van der Waals surface area contributed by atoms with Crippen molar-refractivity contribution in [3.05, 3.63) is 16.4 Å². The minimum absolute atomic E-state index is 0.283. The number of aromatic nitrogens is 2. The maximum atomic E-state index is 5.57. The van der Waals surface area contributed by atoms with Gasteiger partial charge in [-0.1, -0.05) is 13.8 Å². The van der Waals surface area contributed by atoms with Gasteiger partial charge in [-0.2, -0.15) is 5.10 Å². The van der Waals surface area contributed by atoms with Crippen molar-refractivity contribution >= 4 is 15.9 Å². The smallest absolute Gasteiger partial charge is 0.0696 e. The number of nitrogens with one attached hydrogen (secondary N) is 1. The van der Waals surface area contributed by atoms with Gasteiger partial charge in [-0.25, -0.2) is 0 Å². The fraction of sp³-hybridized carbons (Fsp3) is 0.769. The molecule has 104 valence electrons. The van der Waals surface area contributed by atoms with Gasteiger partial charge in [-0.3, -0.25) is 4.68 Å². The Hall–Kier alpha value is -0.390. The van der Waals surface area contributed by atoms with E-state index in [-0.39, 0.29) is 6.04 Å². The lowest BCUT2D eigenvalue weighted by Gasteiger charge is -2.18. The highest BCUT2D eigenvalue weighted by molar-refractivity contribution is 9.10. The first-order valence-electron chi connectivity index (χ1n) is 6.70. The van der Waals surface area contributed by atoms with E-state index in [4.69, 9.17) is 4.74 Å². The number of aryl methyl sites for hydroxylation is 1. The topological polar surface area (TPSA) is 39.1 Å². The second-order valence-electron chi connectivity index (χ2n) is 4.34. The highest BCUT2D eigenvalue weighted by Crippen LogP contribution is 2.25. The van der Waals surface area contributed by atoms with Crippen molar-refractivity contribution < 1.29 is 4.74 Å². The van der Waals surface area contributed by atoms with Crippen LogP contribution in [0.25, 0.3) is 0 Å². The van der Waals surface area contributed by atoms with E-state index >= 15 is 0 Å². The molecule has 0 spiro atoms. The molecule has 0 bridgehead atoms. The third-order valence-corrected chi connectivity index (χ3v) is 3.46. The van der Waals surface area contributed by atoms with Crippen molar-refractivity contribution in [2.24, 2.45) is 0 Å². The normalized spacial score (nSPS) is 12.9. The van der Waals surface area contributed by atoms with Gasteiger partial charge in [0.05, 0.1) is 22.4 Å². The van der Waals surface area contributed by atoms with Crippen molar-refractivity contribution in [2.75, 3.05) is 20.3 Å². The molecule has 1 aromatic rings. The Morgan fingerprint density at radius 3 is 2.78 bits per heavy atom. The van der Waals surface area contributed by atoms with Crippen LogP contribution in [0, 0.1) is 0 Å². The van der Waals surface area contributed by atoms with Gasteiger partial charge >= 0.3 is 0 Å². The van der Waals surface area contributed by atoms with Crippen LogP contribution in [0.5, 0.6) is 0 Å². The van der Waals surface area contributed by atoms with Crippen molar-refractivity contribution in [1.82, 2.24) is 15.1 Å². The van der Waals surface area contributed by atoms with E-state index in [1.807, 2.05) is 13.2 Å². The Balaban J connectivity index is 2.65. The van der Waals surface area contributed by atoms with Crippen LogP contribution in [-0.4, -0.2) is 30.0 Å². The summed E-state index contributed by atoms with van der Waals surface area (Å²) in [5, 5.41) is 7.76. The summed E-state index contributed by atoms with van der Waals surface area (Å²) in [6.45, 7) is 6.87. The fourth-order valence-electron chi connectivity index (χ4n) is 1.97.